The molecule has 0 aliphatic heterocycles. The summed E-state index contributed by atoms with van der Waals surface area (Å²) >= 11 is 6.12. The summed E-state index contributed by atoms with van der Waals surface area (Å²) in [5, 5.41) is 3.36. The van der Waals surface area contributed by atoms with Crippen molar-refractivity contribution in [3.05, 3.63) is 94.5 Å². The largest absolute Gasteiger partial charge is 0.348 e. The highest BCUT2D eigenvalue weighted by Gasteiger charge is 2.28. The third kappa shape index (κ3) is 5.40. The molecule has 5 nitrogen and oxygen atoms in total. The molecule has 0 fully saturated rings. The van der Waals surface area contributed by atoms with Gasteiger partial charge in [-0.2, -0.15) is 0 Å². The minimum absolute atomic E-state index is 0.112. The van der Waals surface area contributed by atoms with Gasteiger partial charge in [-0.1, -0.05) is 54.1 Å². The summed E-state index contributed by atoms with van der Waals surface area (Å²) in [7, 11) is -3.96. The maximum Gasteiger partial charge on any atom is 0.264 e. The molecular formula is C26H27ClN2O3S. The molecule has 0 spiro atoms. The zero-order valence-electron chi connectivity index (χ0n) is 18.5. The molecule has 33 heavy (non-hydrogen) atoms. The first-order chi connectivity index (χ1) is 15.8. The minimum Gasteiger partial charge on any atom is -0.348 e. The van der Waals surface area contributed by atoms with Crippen LogP contribution in [0.4, 0.5) is 5.69 Å². The maximum absolute atomic E-state index is 13.4. The second-order valence-electron chi connectivity index (χ2n) is 8.33. The van der Waals surface area contributed by atoms with Crippen molar-refractivity contribution in [2.75, 3.05) is 10.8 Å². The molecule has 0 unspecified atom stereocenters. The smallest absolute Gasteiger partial charge is 0.264 e. The van der Waals surface area contributed by atoms with Crippen LogP contribution in [0.1, 0.15) is 42.5 Å². The lowest BCUT2D eigenvalue weighted by Gasteiger charge is -2.25. The second kappa shape index (κ2) is 9.98. The molecule has 1 amide bonds. The van der Waals surface area contributed by atoms with Crippen molar-refractivity contribution in [3.8, 4) is 0 Å². The van der Waals surface area contributed by atoms with Crippen molar-refractivity contribution < 1.29 is 13.2 Å². The van der Waals surface area contributed by atoms with E-state index in [1.165, 1.54) is 36.1 Å². The van der Waals surface area contributed by atoms with E-state index in [0.717, 1.165) is 22.7 Å². The highest BCUT2D eigenvalue weighted by Crippen LogP contribution is 2.27. The van der Waals surface area contributed by atoms with Crippen molar-refractivity contribution in [1.82, 2.24) is 5.32 Å². The van der Waals surface area contributed by atoms with Crippen molar-refractivity contribution in [2.24, 2.45) is 0 Å². The molecule has 0 saturated carbocycles. The molecule has 3 aromatic rings. The summed E-state index contributed by atoms with van der Waals surface area (Å²) in [5.74, 6) is -0.389. The first-order valence-electron chi connectivity index (χ1n) is 11.1. The van der Waals surface area contributed by atoms with Crippen molar-refractivity contribution in [1.29, 1.82) is 0 Å². The number of carbonyl (C=O) groups is 1. The quantitative estimate of drug-likeness (QED) is 0.497. The van der Waals surface area contributed by atoms with Gasteiger partial charge >= 0.3 is 0 Å². The van der Waals surface area contributed by atoms with Crippen LogP contribution in [0.3, 0.4) is 0 Å². The Morgan fingerprint density at radius 3 is 2.42 bits per heavy atom. The summed E-state index contributed by atoms with van der Waals surface area (Å²) in [6, 6.07) is 20.7. The molecule has 3 aromatic carbocycles. The van der Waals surface area contributed by atoms with Crippen LogP contribution in [0, 0.1) is 0 Å². The molecule has 0 heterocycles. The van der Waals surface area contributed by atoms with E-state index in [4.69, 9.17) is 11.6 Å². The number of benzene rings is 3. The number of anilines is 1. The van der Waals surface area contributed by atoms with E-state index in [0.29, 0.717) is 10.7 Å². The van der Waals surface area contributed by atoms with Crippen LogP contribution in [0.5, 0.6) is 0 Å². The summed E-state index contributed by atoms with van der Waals surface area (Å²) < 4.78 is 27.9. The van der Waals surface area contributed by atoms with E-state index < -0.39 is 10.0 Å². The zero-order chi connectivity index (χ0) is 23.4. The Morgan fingerprint density at radius 1 is 0.970 bits per heavy atom. The van der Waals surface area contributed by atoms with Gasteiger partial charge in [0.2, 0.25) is 5.91 Å². The number of amides is 1. The molecule has 0 aromatic heterocycles. The number of rotatable bonds is 7. The van der Waals surface area contributed by atoms with Crippen LogP contribution < -0.4 is 9.62 Å². The fourth-order valence-electron chi connectivity index (χ4n) is 4.19. The van der Waals surface area contributed by atoms with Gasteiger partial charge < -0.3 is 5.32 Å². The molecule has 4 rings (SSSR count). The first kappa shape index (κ1) is 23.3. The summed E-state index contributed by atoms with van der Waals surface area (Å²) in [6.45, 7) is 1.56. The normalized spacial score (nSPS) is 14.2. The number of hydrogen-bond donors (Lipinski definition) is 1. The molecule has 1 aliphatic rings. The summed E-state index contributed by atoms with van der Waals surface area (Å²) in [4.78, 5) is 13.1. The Bertz CT molecular complexity index is 1250. The zero-order valence-corrected chi connectivity index (χ0v) is 20.1. The van der Waals surface area contributed by atoms with Gasteiger partial charge in [0.1, 0.15) is 6.54 Å². The van der Waals surface area contributed by atoms with Crippen LogP contribution in [0.2, 0.25) is 5.02 Å². The van der Waals surface area contributed by atoms with Crippen molar-refractivity contribution in [2.45, 2.75) is 43.5 Å². The van der Waals surface area contributed by atoms with Gasteiger partial charge in [-0.25, -0.2) is 8.42 Å². The Kier molecular flexibility index (Phi) is 7.05. The van der Waals surface area contributed by atoms with Gasteiger partial charge in [0.25, 0.3) is 10.0 Å². The lowest BCUT2D eigenvalue weighted by Crippen LogP contribution is -2.41. The Hall–Kier alpha value is -2.83. The second-order valence-corrected chi connectivity index (χ2v) is 10.6. The third-order valence-electron chi connectivity index (χ3n) is 5.96. The molecule has 7 heteroatoms. The number of fused-ring (bicyclic) bond motifs is 1. The van der Waals surface area contributed by atoms with Crippen LogP contribution in [-0.4, -0.2) is 20.9 Å². The monoisotopic (exact) mass is 482 g/mol. The van der Waals surface area contributed by atoms with Gasteiger partial charge in [-0.15, -0.1) is 0 Å². The topological polar surface area (TPSA) is 66.5 Å². The molecule has 0 saturated heterocycles. The number of nitrogens with one attached hydrogen (secondary N) is 1. The molecule has 0 bridgehead atoms. The Balaban J connectivity index is 1.56. The van der Waals surface area contributed by atoms with Gasteiger partial charge in [0, 0.05) is 5.02 Å². The van der Waals surface area contributed by atoms with Crippen molar-refractivity contribution >= 4 is 33.2 Å². The van der Waals surface area contributed by atoms with E-state index in [9.17, 15) is 13.2 Å². The lowest BCUT2D eigenvalue weighted by atomic mass is 9.89. The van der Waals surface area contributed by atoms with E-state index in [2.05, 4.69) is 17.4 Å². The predicted molar refractivity (Wildman–Crippen MR) is 132 cm³/mol. The fraction of sp³-hybridized carbons (Fsp3) is 0.269. The number of carbonyl (C=O) groups excluding carboxylic acids is 1. The molecule has 172 valence electrons. The SMILES string of the molecule is C[C@@H](NC(=O)CN(c1cccc(Cl)c1)S(=O)(=O)c1ccccc1)c1ccc2c(c1)CCCC2. The first-order valence-corrected chi connectivity index (χ1v) is 12.9. The molecule has 1 N–H and O–H groups in total. The average Bonchev–Trinajstić information content (AvgIpc) is 2.82. The van der Waals surface area contributed by atoms with E-state index >= 15 is 0 Å². The van der Waals surface area contributed by atoms with E-state index in [1.807, 2.05) is 13.0 Å². The van der Waals surface area contributed by atoms with Gasteiger partial charge in [0.05, 0.1) is 16.6 Å². The number of aryl methyl sites for hydroxylation is 2. The van der Waals surface area contributed by atoms with Crippen LogP contribution >= 0.6 is 11.6 Å². The Labute approximate surface area is 200 Å². The third-order valence-corrected chi connectivity index (χ3v) is 7.99. The van der Waals surface area contributed by atoms with Gasteiger partial charge in [-0.3, -0.25) is 9.10 Å². The highest BCUT2D eigenvalue weighted by atomic mass is 35.5. The minimum atomic E-state index is -3.96. The van der Waals surface area contributed by atoms with Gasteiger partial charge in [-0.05, 0) is 79.6 Å². The number of sulfonamides is 1. The standard InChI is InChI=1S/C26H27ClN2O3S/c1-19(21-15-14-20-8-5-6-9-22(20)16-21)28-26(30)18-29(24-11-7-10-23(27)17-24)33(31,32)25-12-3-2-4-13-25/h2-4,7,10-17,19H,5-6,8-9,18H2,1H3,(H,28,30)/t19-/m1/s1. The summed E-state index contributed by atoms with van der Waals surface area (Å²) in [6.07, 6.45) is 4.56. The molecule has 1 atom stereocenters. The van der Waals surface area contributed by atoms with E-state index in [1.54, 1.807) is 42.5 Å². The van der Waals surface area contributed by atoms with E-state index in [-0.39, 0.29) is 23.4 Å². The molecule has 0 radical (unpaired) electrons. The van der Waals surface area contributed by atoms with Crippen LogP contribution in [-0.2, 0) is 27.7 Å². The van der Waals surface area contributed by atoms with Crippen LogP contribution in [0.25, 0.3) is 0 Å². The average molecular weight is 483 g/mol. The summed E-state index contributed by atoms with van der Waals surface area (Å²) in [5.41, 5.74) is 4.07. The number of hydrogen-bond acceptors (Lipinski definition) is 3. The molecular weight excluding hydrogens is 456 g/mol. The fourth-order valence-corrected chi connectivity index (χ4v) is 5.81. The maximum atomic E-state index is 13.4. The Morgan fingerprint density at radius 2 is 1.70 bits per heavy atom. The molecule has 1 aliphatic carbocycles. The van der Waals surface area contributed by atoms with Crippen molar-refractivity contribution in [3.63, 3.8) is 0 Å². The number of halogens is 1. The lowest BCUT2D eigenvalue weighted by molar-refractivity contribution is -0.120. The highest BCUT2D eigenvalue weighted by molar-refractivity contribution is 7.92. The van der Waals surface area contributed by atoms with Gasteiger partial charge in [0.15, 0.2) is 0 Å². The predicted octanol–water partition coefficient (Wildman–Crippen LogP) is 5.29. The number of nitrogens with zero attached hydrogens (tertiary/aromatic N) is 1. The van der Waals surface area contributed by atoms with Crippen LogP contribution in [0.15, 0.2) is 77.7 Å².